The van der Waals surface area contributed by atoms with Gasteiger partial charge < -0.3 is 9.72 Å². The fourth-order valence-corrected chi connectivity index (χ4v) is 2.98. The maximum absolute atomic E-state index is 11.8. The summed E-state index contributed by atoms with van der Waals surface area (Å²) in [4.78, 5) is 15.3. The fraction of sp³-hybridized carbons (Fsp3) is 0.267. The molecule has 0 bridgehead atoms. The van der Waals surface area contributed by atoms with Gasteiger partial charge in [-0.1, -0.05) is 0 Å². The molecule has 98 valence electrons. The minimum absolute atomic E-state index is 0.187. The highest BCUT2D eigenvalue weighted by Crippen LogP contribution is 2.31. The lowest BCUT2D eigenvalue weighted by Crippen LogP contribution is -2.11. The first-order chi connectivity index (χ1) is 9.19. The van der Waals surface area contributed by atoms with Crippen molar-refractivity contribution in [2.45, 2.75) is 19.8 Å². The lowest BCUT2D eigenvalue weighted by molar-refractivity contribution is -0.138. The summed E-state index contributed by atoms with van der Waals surface area (Å²) in [6.45, 7) is 2.26. The van der Waals surface area contributed by atoms with Crippen molar-refractivity contribution < 1.29 is 9.53 Å². The van der Waals surface area contributed by atoms with Crippen molar-refractivity contribution >= 4 is 45.5 Å². The second-order valence-electron chi connectivity index (χ2n) is 4.60. The van der Waals surface area contributed by atoms with E-state index in [9.17, 15) is 4.79 Å². The van der Waals surface area contributed by atoms with Gasteiger partial charge >= 0.3 is 5.97 Å². The number of carbonyl (C=O) groups excluding carboxylic acids is 1. The zero-order chi connectivity index (χ0) is 13.4. The zero-order valence-corrected chi connectivity index (χ0v) is 12.8. The molecule has 1 aliphatic rings. The van der Waals surface area contributed by atoms with Crippen LogP contribution in [0.4, 0.5) is 0 Å². The number of benzene rings is 1. The van der Waals surface area contributed by atoms with Crippen LogP contribution >= 0.6 is 22.6 Å². The third-order valence-electron chi connectivity index (χ3n) is 3.38. The second kappa shape index (κ2) is 5.00. The maximum atomic E-state index is 11.8. The molecule has 0 saturated heterocycles. The summed E-state index contributed by atoms with van der Waals surface area (Å²) in [6.07, 6.45) is 3.59. The Morgan fingerprint density at radius 1 is 1.42 bits per heavy atom. The standard InChI is InChI=1S/C15H14INO2/c1-2-19-15(18)9-3-5-13-11(7-9)12-8-10(16)4-6-14(12)17-13/h4,6-8,17H,2-3,5H2,1H3. The second-order valence-corrected chi connectivity index (χ2v) is 5.84. The molecular weight excluding hydrogens is 353 g/mol. The Hall–Kier alpha value is -1.30. The van der Waals surface area contributed by atoms with Gasteiger partial charge in [0.25, 0.3) is 0 Å². The van der Waals surface area contributed by atoms with Crippen molar-refractivity contribution in [3.63, 3.8) is 0 Å². The number of nitrogens with one attached hydrogen (secondary N) is 1. The Balaban J connectivity index is 2.10. The molecule has 3 rings (SSSR count). The van der Waals surface area contributed by atoms with E-state index in [0.29, 0.717) is 6.61 Å². The average molecular weight is 367 g/mol. The third kappa shape index (κ3) is 2.29. The molecule has 2 aromatic rings. The summed E-state index contributed by atoms with van der Waals surface area (Å²) in [7, 11) is 0. The van der Waals surface area contributed by atoms with E-state index in [0.717, 1.165) is 29.5 Å². The van der Waals surface area contributed by atoms with Crippen molar-refractivity contribution in [3.05, 3.63) is 38.6 Å². The molecule has 0 unspecified atom stereocenters. The summed E-state index contributed by atoms with van der Waals surface area (Å²) in [5.41, 5.74) is 4.26. The molecule has 1 aliphatic carbocycles. The summed E-state index contributed by atoms with van der Waals surface area (Å²) >= 11 is 2.31. The van der Waals surface area contributed by atoms with E-state index in [4.69, 9.17) is 4.74 Å². The topological polar surface area (TPSA) is 42.1 Å². The molecule has 3 nitrogen and oxygen atoms in total. The number of fused-ring (bicyclic) bond motifs is 3. The molecule has 0 radical (unpaired) electrons. The van der Waals surface area contributed by atoms with Gasteiger partial charge in [-0.05, 0) is 66.6 Å². The minimum Gasteiger partial charge on any atom is -0.463 e. The van der Waals surface area contributed by atoms with E-state index in [1.807, 2.05) is 13.0 Å². The number of hydrogen-bond acceptors (Lipinski definition) is 2. The third-order valence-corrected chi connectivity index (χ3v) is 4.05. The van der Waals surface area contributed by atoms with Crippen molar-refractivity contribution in [2.24, 2.45) is 0 Å². The monoisotopic (exact) mass is 367 g/mol. The smallest absolute Gasteiger partial charge is 0.334 e. The van der Waals surface area contributed by atoms with Crippen LogP contribution in [-0.2, 0) is 16.0 Å². The van der Waals surface area contributed by atoms with E-state index >= 15 is 0 Å². The molecule has 1 aromatic carbocycles. The predicted molar refractivity (Wildman–Crippen MR) is 83.9 cm³/mol. The molecule has 0 amide bonds. The van der Waals surface area contributed by atoms with Crippen LogP contribution in [-0.4, -0.2) is 17.6 Å². The molecule has 1 N–H and O–H groups in total. The highest BCUT2D eigenvalue weighted by molar-refractivity contribution is 14.1. The number of ether oxygens (including phenoxy) is 1. The van der Waals surface area contributed by atoms with Crippen LogP contribution in [0.15, 0.2) is 23.8 Å². The summed E-state index contributed by atoms with van der Waals surface area (Å²) in [5.74, 6) is -0.187. The Morgan fingerprint density at radius 3 is 3.05 bits per heavy atom. The molecular formula is C15H14INO2. The van der Waals surface area contributed by atoms with Crippen LogP contribution in [0, 0.1) is 3.57 Å². The number of esters is 1. The summed E-state index contributed by atoms with van der Waals surface area (Å²) in [6, 6.07) is 6.32. The number of rotatable bonds is 2. The van der Waals surface area contributed by atoms with E-state index in [1.54, 1.807) is 0 Å². The van der Waals surface area contributed by atoms with Crippen molar-refractivity contribution in [1.29, 1.82) is 0 Å². The number of aromatic amines is 1. The number of carbonyl (C=O) groups is 1. The zero-order valence-electron chi connectivity index (χ0n) is 10.6. The van der Waals surface area contributed by atoms with Gasteiger partial charge in [0.2, 0.25) is 0 Å². The van der Waals surface area contributed by atoms with E-state index < -0.39 is 0 Å². The Bertz CT molecular complexity index is 685. The predicted octanol–water partition coefficient (Wildman–Crippen LogP) is 3.67. The SMILES string of the molecule is CCOC(=O)C1=Cc2c([nH]c3ccc(I)cc23)CC1. The van der Waals surface area contributed by atoms with Crippen LogP contribution in [0.3, 0.4) is 0 Å². The van der Waals surface area contributed by atoms with Crippen molar-refractivity contribution in [3.8, 4) is 0 Å². The number of H-pyrrole nitrogens is 1. The van der Waals surface area contributed by atoms with Crippen LogP contribution in [0.1, 0.15) is 24.6 Å². The van der Waals surface area contributed by atoms with E-state index in [-0.39, 0.29) is 5.97 Å². The normalized spacial score (nSPS) is 14.1. The van der Waals surface area contributed by atoms with Gasteiger partial charge in [-0.25, -0.2) is 4.79 Å². The first kappa shape index (κ1) is 12.7. The number of hydrogen-bond donors (Lipinski definition) is 1. The van der Waals surface area contributed by atoms with Crippen molar-refractivity contribution in [1.82, 2.24) is 4.98 Å². The average Bonchev–Trinajstić information content (AvgIpc) is 2.76. The number of aryl methyl sites for hydroxylation is 1. The molecule has 1 aromatic heterocycles. The molecule has 0 aliphatic heterocycles. The van der Waals surface area contributed by atoms with Crippen LogP contribution in [0.2, 0.25) is 0 Å². The quantitative estimate of drug-likeness (QED) is 0.650. The van der Waals surface area contributed by atoms with E-state index in [1.165, 1.54) is 14.7 Å². The number of halogens is 1. The molecule has 4 heteroatoms. The van der Waals surface area contributed by atoms with Gasteiger partial charge in [-0.15, -0.1) is 0 Å². The van der Waals surface area contributed by atoms with Crippen LogP contribution in [0.25, 0.3) is 17.0 Å². The fourth-order valence-electron chi connectivity index (χ4n) is 2.49. The molecule has 0 spiro atoms. The van der Waals surface area contributed by atoms with Gasteiger partial charge in [0, 0.05) is 31.3 Å². The lowest BCUT2D eigenvalue weighted by Gasteiger charge is -2.12. The van der Waals surface area contributed by atoms with Gasteiger partial charge in [0.15, 0.2) is 0 Å². The Morgan fingerprint density at radius 2 is 2.26 bits per heavy atom. The molecule has 19 heavy (non-hydrogen) atoms. The first-order valence-corrected chi connectivity index (χ1v) is 7.44. The van der Waals surface area contributed by atoms with Gasteiger partial charge in [-0.3, -0.25) is 0 Å². The molecule has 0 saturated carbocycles. The number of aromatic nitrogens is 1. The summed E-state index contributed by atoms with van der Waals surface area (Å²) < 4.78 is 6.29. The van der Waals surface area contributed by atoms with Crippen LogP contribution < -0.4 is 0 Å². The first-order valence-electron chi connectivity index (χ1n) is 6.37. The highest BCUT2D eigenvalue weighted by Gasteiger charge is 2.20. The summed E-state index contributed by atoms with van der Waals surface area (Å²) in [5, 5.41) is 1.18. The molecule has 0 fully saturated rings. The molecule has 0 atom stereocenters. The van der Waals surface area contributed by atoms with Gasteiger partial charge in [0.1, 0.15) is 0 Å². The van der Waals surface area contributed by atoms with Crippen molar-refractivity contribution in [2.75, 3.05) is 6.61 Å². The van der Waals surface area contributed by atoms with Gasteiger partial charge in [-0.2, -0.15) is 0 Å². The lowest BCUT2D eigenvalue weighted by atomic mass is 9.96. The van der Waals surface area contributed by atoms with E-state index in [2.05, 4.69) is 45.8 Å². The largest absolute Gasteiger partial charge is 0.463 e. The van der Waals surface area contributed by atoms with Gasteiger partial charge in [0.05, 0.1) is 6.61 Å². The highest BCUT2D eigenvalue weighted by atomic mass is 127. The minimum atomic E-state index is -0.187. The maximum Gasteiger partial charge on any atom is 0.334 e. The van der Waals surface area contributed by atoms with Crippen LogP contribution in [0.5, 0.6) is 0 Å². The Labute approximate surface area is 125 Å². The molecule has 1 heterocycles. The Kier molecular flexibility index (Phi) is 3.35.